The van der Waals surface area contributed by atoms with E-state index < -0.39 is 0 Å². The second-order valence-corrected chi connectivity index (χ2v) is 11.3. The van der Waals surface area contributed by atoms with Crippen molar-refractivity contribution in [3.63, 3.8) is 0 Å². The lowest BCUT2D eigenvalue weighted by atomic mass is 9.81. The standard InChI is InChI=1S/C35H29N/c1-34(2)29-14-7-5-12-26(29)27-17-16-24(19-31(27)34)22-10-9-11-23(18-22)25-20-32-33(36-21-25)28-13-6-8-15-30(28)35(32,3)4/h5-21H,1-4H3. The van der Waals surface area contributed by atoms with Gasteiger partial charge in [-0.15, -0.1) is 0 Å². The van der Waals surface area contributed by atoms with Gasteiger partial charge in [0.05, 0.1) is 5.69 Å². The molecule has 1 heterocycles. The van der Waals surface area contributed by atoms with Gasteiger partial charge in [0, 0.05) is 28.2 Å². The molecule has 0 spiro atoms. The molecule has 1 aromatic heterocycles. The number of hydrogen-bond donors (Lipinski definition) is 0. The number of nitrogens with zero attached hydrogens (tertiary/aromatic N) is 1. The first kappa shape index (κ1) is 21.3. The summed E-state index contributed by atoms with van der Waals surface area (Å²) in [6.45, 7) is 9.30. The minimum atomic E-state index is -0.0485. The second kappa shape index (κ2) is 7.27. The van der Waals surface area contributed by atoms with Crippen LogP contribution in [-0.4, -0.2) is 4.98 Å². The fourth-order valence-electron chi connectivity index (χ4n) is 6.46. The highest BCUT2D eigenvalue weighted by Crippen LogP contribution is 2.50. The fraction of sp³-hybridized carbons (Fsp3) is 0.171. The van der Waals surface area contributed by atoms with Crippen LogP contribution in [0.4, 0.5) is 0 Å². The third-order valence-electron chi connectivity index (χ3n) is 8.53. The van der Waals surface area contributed by atoms with Crippen molar-refractivity contribution in [1.29, 1.82) is 0 Å². The largest absolute Gasteiger partial charge is 0.255 e. The Morgan fingerprint density at radius 3 is 1.78 bits per heavy atom. The maximum Gasteiger partial charge on any atom is 0.0746 e. The third kappa shape index (κ3) is 2.86. The molecule has 2 aliphatic carbocycles. The first-order valence-electron chi connectivity index (χ1n) is 12.8. The molecule has 0 saturated heterocycles. The van der Waals surface area contributed by atoms with Gasteiger partial charge in [-0.1, -0.05) is 107 Å². The van der Waals surface area contributed by atoms with Gasteiger partial charge in [0.1, 0.15) is 0 Å². The van der Waals surface area contributed by atoms with E-state index in [0.29, 0.717) is 0 Å². The first-order chi connectivity index (χ1) is 17.4. The Morgan fingerprint density at radius 1 is 0.444 bits per heavy atom. The highest BCUT2D eigenvalue weighted by atomic mass is 14.7. The maximum atomic E-state index is 4.96. The van der Waals surface area contributed by atoms with Crippen LogP contribution < -0.4 is 0 Å². The van der Waals surface area contributed by atoms with Gasteiger partial charge in [0.2, 0.25) is 0 Å². The Balaban J connectivity index is 1.30. The van der Waals surface area contributed by atoms with Crippen molar-refractivity contribution in [3.05, 3.63) is 126 Å². The number of fused-ring (bicyclic) bond motifs is 6. The molecule has 2 aliphatic rings. The van der Waals surface area contributed by atoms with E-state index in [0.717, 1.165) is 5.69 Å². The Morgan fingerprint density at radius 2 is 1.00 bits per heavy atom. The Labute approximate surface area is 213 Å². The zero-order chi connectivity index (χ0) is 24.7. The van der Waals surface area contributed by atoms with Crippen LogP contribution >= 0.6 is 0 Å². The summed E-state index contributed by atoms with van der Waals surface area (Å²) in [5, 5.41) is 0. The van der Waals surface area contributed by atoms with Crippen LogP contribution in [0.2, 0.25) is 0 Å². The summed E-state index contributed by atoms with van der Waals surface area (Å²) in [5.74, 6) is 0. The van der Waals surface area contributed by atoms with Crippen LogP contribution in [0.5, 0.6) is 0 Å². The van der Waals surface area contributed by atoms with Crippen LogP contribution in [0.1, 0.15) is 49.9 Å². The number of benzene rings is 4. The minimum absolute atomic E-state index is 0.00401. The molecule has 0 atom stereocenters. The van der Waals surface area contributed by atoms with E-state index in [-0.39, 0.29) is 10.8 Å². The summed E-state index contributed by atoms with van der Waals surface area (Å²) in [6.07, 6.45) is 2.04. The average molecular weight is 464 g/mol. The van der Waals surface area contributed by atoms with Gasteiger partial charge in [0.15, 0.2) is 0 Å². The summed E-state index contributed by atoms with van der Waals surface area (Å²) in [7, 11) is 0. The summed E-state index contributed by atoms with van der Waals surface area (Å²) in [4.78, 5) is 4.96. The van der Waals surface area contributed by atoms with Crippen LogP contribution in [0.25, 0.3) is 44.6 Å². The average Bonchev–Trinajstić information content (AvgIpc) is 3.28. The van der Waals surface area contributed by atoms with E-state index in [1.807, 2.05) is 6.20 Å². The van der Waals surface area contributed by atoms with E-state index in [2.05, 4.69) is 125 Å². The molecule has 0 aliphatic heterocycles. The molecular formula is C35H29N. The quantitative estimate of drug-likeness (QED) is 0.254. The van der Waals surface area contributed by atoms with E-state index in [9.17, 15) is 0 Å². The highest BCUT2D eigenvalue weighted by Gasteiger charge is 2.37. The Kier molecular flexibility index (Phi) is 4.31. The summed E-state index contributed by atoms with van der Waals surface area (Å²) < 4.78 is 0. The van der Waals surface area contributed by atoms with Crippen LogP contribution in [0.15, 0.2) is 103 Å². The second-order valence-electron chi connectivity index (χ2n) is 11.3. The van der Waals surface area contributed by atoms with Crippen molar-refractivity contribution >= 4 is 0 Å². The van der Waals surface area contributed by atoms with Gasteiger partial charge in [-0.05, 0) is 68.3 Å². The molecular weight excluding hydrogens is 434 g/mol. The topological polar surface area (TPSA) is 12.9 Å². The van der Waals surface area contributed by atoms with Crippen molar-refractivity contribution in [1.82, 2.24) is 4.98 Å². The number of aromatic nitrogens is 1. The molecule has 0 fully saturated rings. The lowest BCUT2D eigenvalue weighted by Crippen LogP contribution is -2.15. The molecule has 4 aromatic carbocycles. The summed E-state index contributed by atoms with van der Waals surface area (Å²) in [5.41, 5.74) is 15.4. The van der Waals surface area contributed by atoms with Crippen molar-refractivity contribution in [2.45, 2.75) is 38.5 Å². The van der Waals surface area contributed by atoms with Crippen molar-refractivity contribution in [2.75, 3.05) is 0 Å². The third-order valence-corrected chi connectivity index (χ3v) is 8.53. The molecule has 0 unspecified atom stereocenters. The monoisotopic (exact) mass is 463 g/mol. The number of pyridine rings is 1. The smallest absolute Gasteiger partial charge is 0.0746 e. The lowest BCUT2D eigenvalue weighted by molar-refractivity contribution is 0.659. The van der Waals surface area contributed by atoms with Crippen molar-refractivity contribution in [2.24, 2.45) is 0 Å². The van der Waals surface area contributed by atoms with E-state index in [4.69, 9.17) is 4.98 Å². The molecule has 5 aromatic rings. The molecule has 36 heavy (non-hydrogen) atoms. The number of rotatable bonds is 2. The van der Waals surface area contributed by atoms with E-state index in [1.54, 1.807) is 0 Å². The number of hydrogen-bond acceptors (Lipinski definition) is 1. The Hall–Kier alpha value is -3.97. The molecule has 0 amide bonds. The van der Waals surface area contributed by atoms with Gasteiger partial charge in [-0.3, -0.25) is 4.98 Å². The molecule has 0 N–H and O–H groups in total. The van der Waals surface area contributed by atoms with Gasteiger partial charge >= 0.3 is 0 Å². The van der Waals surface area contributed by atoms with Crippen molar-refractivity contribution in [3.8, 4) is 44.6 Å². The van der Waals surface area contributed by atoms with Gasteiger partial charge in [-0.2, -0.15) is 0 Å². The molecule has 0 bridgehead atoms. The zero-order valence-corrected chi connectivity index (χ0v) is 21.3. The molecule has 1 nitrogen and oxygen atoms in total. The fourth-order valence-corrected chi connectivity index (χ4v) is 6.46. The summed E-state index contributed by atoms with van der Waals surface area (Å²) >= 11 is 0. The molecule has 7 rings (SSSR count). The van der Waals surface area contributed by atoms with Gasteiger partial charge < -0.3 is 0 Å². The Bertz CT molecular complexity index is 1560. The van der Waals surface area contributed by atoms with Crippen molar-refractivity contribution < 1.29 is 0 Å². The predicted molar refractivity (Wildman–Crippen MR) is 150 cm³/mol. The van der Waals surface area contributed by atoms with Gasteiger partial charge in [0.25, 0.3) is 0 Å². The van der Waals surface area contributed by atoms with Crippen LogP contribution in [-0.2, 0) is 10.8 Å². The first-order valence-corrected chi connectivity index (χ1v) is 12.8. The molecule has 174 valence electrons. The molecule has 1 heteroatoms. The predicted octanol–water partition coefficient (Wildman–Crippen LogP) is 9.03. The molecule has 0 saturated carbocycles. The van der Waals surface area contributed by atoms with Crippen LogP contribution in [0.3, 0.4) is 0 Å². The summed E-state index contributed by atoms with van der Waals surface area (Å²) in [6, 6.07) is 35.8. The van der Waals surface area contributed by atoms with E-state index >= 15 is 0 Å². The highest BCUT2D eigenvalue weighted by molar-refractivity contribution is 5.85. The lowest BCUT2D eigenvalue weighted by Gasteiger charge is -2.22. The minimum Gasteiger partial charge on any atom is -0.255 e. The van der Waals surface area contributed by atoms with E-state index in [1.165, 1.54) is 61.2 Å². The maximum absolute atomic E-state index is 4.96. The van der Waals surface area contributed by atoms with Crippen LogP contribution in [0, 0.1) is 0 Å². The normalized spacial score (nSPS) is 15.7. The SMILES string of the molecule is CC1(C)c2ccccc2-c2ccc(-c3cccc(-c4cnc5c(c4)C(C)(C)c4ccccc4-5)c3)cc21. The van der Waals surface area contributed by atoms with Gasteiger partial charge in [-0.25, -0.2) is 0 Å². The zero-order valence-electron chi connectivity index (χ0n) is 21.3. The molecule has 0 radical (unpaired) electrons.